The van der Waals surface area contributed by atoms with Crippen LogP contribution in [0.4, 0.5) is 0 Å². The number of alkyl halides is 1. The van der Waals surface area contributed by atoms with Crippen LogP contribution in [0.2, 0.25) is 0 Å². The van der Waals surface area contributed by atoms with E-state index >= 15 is 0 Å². The summed E-state index contributed by atoms with van der Waals surface area (Å²) in [5.41, 5.74) is 2.07. The maximum atomic E-state index is 4.41. The van der Waals surface area contributed by atoms with Crippen LogP contribution in [0.3, 0.4) is 0 Å². The zero-order chi connectivity index (χ0) is 9.31. The van der Waals surface area contributed by atoms with Crippen LogP contribution in [0.15, 0.2) is 29.4 Å². The molecule has 1 aliphatic rings. The number of fused-ring (bicyclic) bond motifs is 1. The van der Waals surface area contributed by atoms with Gasteiger partial charge in [0, 0.05) is 18.0 Å². The molecule has 0 N–H and O–H groups in total. The lowest BCUT2D eigenvalue weighted by Crippen LogP contribution is -2.05. The van der Waals surface area contributed by atoms with Crippen molar-refractivity contribution in [3.63, 3.8) is 0 Å². The second kappa shape index (κ2) is 3.21. The molecule has 1 unspecified atom stereocenters. The van der Waals surface area contributed by atoms with Crippen molar-refractivity contribution in [3.8, 4) is 0 Å². The summed E-state index contributed by atoms with van der Waals surface area (Å²) in [4.78, 5) is 8.65. The van der Waals surface area contributed by atoms with E-state index in [-0.39, 0.29) is 3.55 Å². The Labute approximate surface area is 90.9 Å². The molecule has 0 bridgehead atoms. The minimum Gasteiger partial charge on any atom is -0.270 e. The molecule has 0 spiro atoms. The van der Waals surface area contributed by atoms with Crippen molar-refractivity contribution in [1.82, 2.24) is 4.98 Å². The zero-order valence-electron chi connectivity index (χ0n) is 7.24. The summed E-state index contributed by atoms with van der Waals surface area (Å²) in [7, 11) is 0. The van der Waals surface area contributed by atoms with Crippen LogP contribution in [0, 0.1) is 0 Å². The summed E-state index contributed by atoms with van der Waals surface area (Å²) in [5.74, 6) is 0. The van der Waals surface area contributed by atoms with Crippen LogP contribution >= 0.6 is 22.6 Å². The Bertz CT molecular complexity index is 345. The first-order chi connectivity index (χ1) is 6.17. The van der Waals surface area contributed by atoms with Gasteiger partial charge in [-0.05, 0) is 41.7 Å². The third-order valence-corrected chi connectivity index (χ3v) is 2.52. The van der Waals surface area contributed by atoms with Crippen LogP contribution < -0.4 is 0 Å². The summed E-state index contributed by atoms with van der Waals surface area (Å²) >= 11 is 2.30. The minimum absolute atomic E-state index is 0.140. The number of hydrogen-bond acceptors (Lipinski definition) is 2. The van der Waals surface area contributed by atoms with E-state index in [1.54, 1.807) is 6.20 Å². The molecule has 0 radical (unpaired) electrons. The smallest absolute Gasteiger partial charge is 0.127 e. The van der Waals surface area contributed by atoms with Gasteiger partial charge in [0.2, 0.25) is 0 Å². The maximum absolute atomic E-state index is 4.41. The van der Waals surface area contributed by atoms with Crippen molar-refractivity contribution in [1.29, 1.82) is 0 Å². The molecule has 1 atom stereocenters. The molecule has 1 aromatic rings. The van der Waals surface area contributed by atoms with Crippen LogP contribution in [0.1, 0.15) is 18.2 Å². The van der Waals surface area contributed by atoms with E-state index in [4.69, 9.17) is 0 Å². The minimum atomic E-state index is -0.140. The van der Waals surface area contributed by atoms with Gasteiger partial charge in [0.05, 0.1) is 5.69 Å². The number of nitrogens with zero attached hydrogens (tertiary/aromatic N) is 2. The van der Waals surface area contributed by atoms with Gasteiger partial charge in [-0.3, -0.25) is 9.98 Å². The molecule has 2 rings (SSSR count). The van der Waals surface area contributed by atoms with Crippen molar-refractivity contribution < 1.29 is 0 Å². The maximum Gasteiger partial charge on any atom is 0.127 e. The number of aliphatic imine (C=N–C) groups is 1. The molecule has 0 saturated carbocycles. The van der Waals surface area contributed by atoms with Gasteiger partial charge < -0.3 is 0 Å². The van der Waals surface area contributed by atoms with Gasteiger partial charge in [0.25, 0.3) is 0 Å². The van der Waals surface area contributed by atoms with Crippen molar-refractivity contribution in [2.45, 2.75) is 10.5 Å². The highest BCUT2D eigenvalue weighted by molar-refractivity contribution is 14.1. The monoisotopic (exact) mass is 284 g/mol. The van der Waals surface area contributed by atoms with Crippen molar-refractivity contribution in [2.24, 2.45) is 4.99 Å². The Kier molecular flexibility index (Phi) is 2.19. The SMILES string of the molecule is CC1(I)C=Cc2cccnc2C=N1. The Balaban J connectivity index is 2.53. The first-order valence-electron chi connectivity index (χ1n) is 4.06. The molecule has 0 aliphatic carbocycles. The average Bonchev–Trinajstić information content (AvgIpc) is 2.27. The van der Waals surface area contributed by atoms with E-state index in [2.05, 4.69) is 51.6 Å². The van der Waals surface area contributed by atoms with Crippen LogP contribution in [0.25, 0.3) is 6.08 Å². The molecule has 3 heteroatoms. The second-order valence-corrected chi connectivity index (χ2v) is 5.28. The van der Waals surface area contributed by atoms with E-state index in [0.717, 1.165) is 11.3 Å². The molecule has 0 saturated heterocycles. The summed E-state index contributed by atoms with van der Waals surface area (Å²) in [6.45, 7) is 2.06. The van der Waals surface area contributed by atoms with E-state index in [9.17, 15) is 0 Å². The fraction of sp³-hybridized carbons (Fsp3) is 0.200. The first-order valence-corrected chi connectivity index (χ1v) is 5.14. The Morgan fingerprint density at radius 2 is 2.31 bits per heavy atom. The van der Waals surface area contributed by atoms with E-state index in [0.29, 0.717) is 0 Å². The van der Waals surface area contributed by atoms with Crippen molar-refractivity contribution in [3.05, 3.63) is 35.7 Å². The molecule has 66 valence electrons. The summed E-state index contributed by atoms with van der Waals surface area (Å²) in [5, 5.41) is 0. The molecular formula is C10H9IN2. The van der Waals surface area contributed by atoms with E-state index < -0.39 is 0 Å². The summed E-state index contributed by atoms with van der Waals surface area (Å²) in [6.07, 6.45) is 7.77. The van der Waals surface area contributed by atoms with Crippen molar-refractivity contribution in [2.75, 3.05) is 0 Å². The summed E-state index contributed by atoms with van der Waals surface area (Å²) in [6, 6.07) is 3.98. The topological polar surface area (TPSA) is 25.2 Å². The quantitative estimate of drug-likeness (QED) is 0.408. The largest absolute Gasteiger partial charge is 0.270 e. The predicted octanol–water partition coefficient (Wildman–Crippen LogP) is 2.68. The third kappa shape index (κ3) is 1.96. The van der Waals surface area contributed by atoms with Gasteiger partial charge >= 0.3 is 0 Å². The number of pyridine rings is 1. The van der Waals surface area contributed by atoms with Crippen LogP contribution in [-0.4, -0.2) is 14.7 Å². The van der Waals surface area contributed by atoms with E-state index in [1.807, 2.05) is 18.3 Å². The van der Waals surface area contributed by atoms with Crippen LogP contribution in [0.5, 0.6) is 0 Å². The predicted molar refractivity (Wildman–Crippen MR) is 63.3 cm³/mol. The molecule has 1 aliphatic heterocycles. The fourth-order valence-electron chi connectivity index (χ4n) is 1.15. The molecule has 0 aromatic carbocycles. The van der Waals surface area contributed by atoms with Gasteiger partial charge in [-0.15, -0.1) is 0 Å². The number of aromatic nitrogens is 1. The number of rotatable bonds is 0. The van der Waals surface area contributed by atoms with Gasteiger partial charge in [-0.1, -0.05) is 12.1 Å². The van der Waals surface area contributed by atoms with Gasteiger partial charge in [-0.2, -0.15) is 0 Å². The third-order valence-electron chi connectivity index (χ3n) is 1.88. The van der Waals surface area contributed by atoms with Gasteiger partial charge in [-0.25, -0.2) is 0 Å². The molecular weight excluding hydrogens is 275 g/mol. The molecule has 2 heterocycles. The van der Waals surface area contributed by atoms with E-state index in [1.165, 1.54) is 0 Å². The lowest BCUT2D eigenvalue weighted by atomic mass is 10.2. The Morgan fingerprint density at radius 3 is 3.15 bits per heavy atom. The number of halogens is 1. The Morgan fingerprint density at radius 1 is 1.46 bits per heavy atom. The highest BCUT2D eigenvalue weighted by Crippen LogP contribution is 2.25. The summed E-state index contributed by atoms with van der Waals surface area (Å²) < 4.78 is -0.140. The lowest BCUT2D eigenvalue weighted by Gasteiger charge is -2.08. The standard InChI is InChI=1S/C10H9IN2/c1-10(11)5-4-8-3-2-6-12-9(8)7-13-10/h2-7H,1H3. The average molecular weight is 284 g/mol. The molecule has 2 nitrogen and oxygen atoms in total. The zero-order valence-corrected chi connectivity index (χ0v) is 9.39. The Hall–Kier alpha value is -0.710. The lowest BCUT2D eigenvalue weighted by molar-refractivity contribution is 0.903. The second-order valence-electron chi connectivity index (χ2n) is 3.09. The van der Waals surface area contributed by atoms with Crippen molar-refractivity contribution >= 4 is 34.9 Å². The fourth-order valence-corrected chi connectivity index (χ4v) is 1.47. The molecule has 0 amide bonds. The van der Waals surface area contributed by atoms with Gasteiger partial charge in [0.15, 0.2) is 0 Å². The highest BCUT2D eigenvalue weighted by atomic mass is 127. The highest BCUT2D eigenvalue weighted by Gasteiger charge is 2.15. The molecule has 0 fully saturated rings. The van der Waals surface area contributed by atoms with Crippen LogP contribution in [-0.2, 0) is 0 Å². The van der Waals surface area contributed by atoms with Gasteiger partial charge in [0.1, 0.15) is 3.55 Å². The normalized spacial score (nSPS) is 25.4. The molecule has 1 aromatic heterocycles. The molecule has 13 heavy (non-hydrogen) atoms. The first kappa shape index (κ1) is 8.87. The number of hydrogen-bond donors (Lipinski definition) is 0.